The third-order valence-corrected chi connectivity index (χ3v) is 3.05. The van der Waals surface area contributed by atoms with Gasteiger partial charge in [-0.2, -0.15) is 0 Å². The van der Waals surface area contributed by atoms with Gasteiger partial charge in [0.2, 0.25) is 0 Å². The lowest BCUT2D eigenvalue weighted by molar-refractivity contribution is 0.171. The monoisotopic (exact) mass is 271 g/mol. The van der Waals surface area contributed by atoms with E-state index in [0.717, 1.165) is 29.9 Å². The van der Waals surface area contributed by atoms with Crippen molar-refractivity contribution in [1.82, 2.24) is 0 Å². The topological polar surface area (TPSA) is 44.5 Å². The van der Waals surface area contributed by atoms with Gasteiger partial charge >= 0.3 is 0 Å². The molecule has 0 radical (unpaired) electrons. The summed E-state index contributed by atoms with van der Waals surface area (Å²) in [6.45, 7) is 5.69. The van der Waals surface area contributed by atoms with Crippen molar-refractivity contribution in [2.75, 3.05) is 13.2 Å². The summed E-state index contributed by atoms with van der Waals surface area (Å²) in [5.74, 6) is 2.35. The predicted molar refractivity (Wildman–Crippen MR) is 75.7 cm³/mol. The maximum absolute atomic E-state index is 6.18. The number of fused-ring (bicyclic) bond motifs is 1. The number of halogens is 1. The molecule has 1 atom stereocenters. The van der Waals surface area contributed by atoms with Crippen LogP contribution in [-0.4, -0.2) is 13.2 Å². The van der Waals surface area contributed by atoms with Gasteiger partial charge in [-0.25, -0.2) is 0 Å². The molecule has 102 valence electrons. The van der Waals surface area contributed by atoms with E-state index in [1.807, 2.05) is 18.2 Å². The summed E-state index contributed by atoms with van der Waals surface area (Å²) in [5.41, 5.74) is 7.31. The van der Waals surface area contributed by atoms with Crippen molar-refractivity contribution >= 4 is 12.4 Å². The second-order valence-electron chi connectivity index (χ2n) is 4.98. The molecule has 18 heavy (non-hydrogen) atoms. The number of rotatable bonds is 4. The summed E-state index contributed by atoms with van der Waals surface area (Å²) < 4.78 is 11.0. The van der Waals surface area contributed by atoms with Crippen molar-refractivity contribution in [3.8, 4) is 11.5 Å². The van der Waals surface area contributed by atoms with Gasteiger partial charge in [-0.15, -0.1) is 12.4 Å². The molecular weight excluding hydrogens is 250 g/mol. The zero-order chi connectivity index (χ0) is 12.3. The SMILES string of the molecule is CC(C)CC[C@@H](N)c1ccc2c(c1)OCCO2.Cl. The largest absolute Gasteiger partial charge is 0.486 e. The minimum Gasteiger partial charge on any atom is -0.486 e. The molecule has 3 nitrogen and oxygen atoms in total. The van der Waals surface area contributed by atoms with Crippen LogP contribution < -0.4 is 15.2 Å². The van der Waals surface area contributed by atoms with Gasteiger partial charge in [0.25, 0.3) is 0 Å². The number of hydrogen-bond donors (Lipinski definition) is 1. The van der Waals surface area contributed by atoms with Gasteiger partial charge in [-0.1, -0.05) is 19.9 Å². The van der Waals surface area contributed by atoms with Crippen molar-refractivity contribution in [1.29, 1.82) is 0 Å². The summed E-state index contributed by atoms with van der Waals surface area (Å²) in [7, 11) is 0. The number of ether oxygens (including phenoxy) is 2. The van der Waals surface area contributed by atoms with Crippen molar-refractivity contribution in [3.63, 3.8) is 0 Å². The van der Waals surface area contributed by atoms with Gasteiger partial charge in [0.15, 0.2) is 11.5 Å². The molecule has 0 spiro atoms. The number of nitrogens with two attached hydrogens (primary N) is 1. The molecule has 0 amide bonds. The van der Waals surface area contributed by atoms with Crippen molar-refractivity contribution in [2.24, 2.45) is 11.7 Å². The van der Waals surface area contributed by atoms with E-state index in [9.17, 15) is 0 Å². The van der Waals surface area contributed by atoms with E-state index in [4.69, 9.17) is 15.2 Å². The van der Waals surface area contributed by atoms with Crippen LogP contribution in [0.5, 0.6) is 11.5 Å². The lowest BCUT2D eigenvalue weighted by Gasteiger charge is -2.20. The molecule has 1 aromatic rings. The van der Waals surface area contributed by atoms with Gasteiger partial charge in [-0.05, 0) is 36.5 Å². The molecule has 0 aromatic heterocycles. The lowest BCUT2D eigenvalue weighted by Crippen LogP contribution is -2.17. The smallest absolute Gasteiger partial charge is 0.161 e. The Morgan fingerprint density at radius 1 is 1.11 bits per heavy atom. The predicted octanol–water partition coefficient (Wildman–Crippen LogP) is 3.32. The summed E-state index contributed by atoms with van der Waals surface area (Å²) in [6, 6.07) is 6.10. The molecule has 1 aromatic carbocycles. The van der Waals surface area contributed by atoms with E-state index in [0.29, 0.717) is 19.1 Å². The maximum atomic E-state index is 6.18. The zero-order valence-electron chi connectivity index (χ0n) is 11.0. The molecule has 1 aliphatic rings. The van der Waals surface area contributed by atoms with Crippen LogP contribution in [0.15, 0.2) is 18.2 Å². The fraction of sp³-hybridized carbons (Fsp3) is 0.571. The highest BCUT2D eigenvalue weighted by molar-refractivity contribution is 5.85. The molecular formula is C14H22ClNO2. The first-order valence-corrected chi connectivity index (χ1v) is 6.32. The Morgan fingerprint density at radius 3 is 2.44 bits per heavy atom. The summed E-state index contributed by atoms with van der Waals surface area (Å²) in [6.07, 6.45) is 2.16. The molecule has 0 aliphatic carbocycles. The Morgan fingerprint density at radius 2 is 1.78 bits per heavy atom. The molecule has 2 rings (SSSR count). The fourth-order valence-corrected chi connectivity index (χ4v) is 1.97. The van der Waals surface area contributed by atoms with Crippen LogP contribution in [0.4, 0.5) is 0 Å². The Balaban J connectivity index is 0.00000162. The maximum Gasteiger partial charge on any atom is 0.161 e. The van der Waals surface area contributed by atoms with Crippen LogP contribution in [0.25, 0.3) is 0 Å². The van der Waals surface area contributed by atoms with E-state index in [2.05, 4.69) is 13.8 Å². The standard InChI is InChI=1S/C14H21NO2.ClH/c1-10(2)3-5-12(15)11-4-6-13-14(9-11)17-8-7-16-13;/h4,6,9-10,12H,3,5,7-8,15H2,1-2H3;1H/t12-;/m1./s1. The minimum atomic E-state index is 0. The Hall–Kier alpha value is -0.930. The Bertz CT molecular complexity index is 382. The lowest BCUT2D eigenvalue weighted by atomic mass is 9.98. The Labute approximate surface area is 115 Å². The highest BCUT2D eigenvalue weighted by atomic mass is 35.5. The third kappa shape index (κ3) is 3.79. The molecule has 0 unspecified atom stereocenters. The summed E-state index contributed by atoms with van der Waals surface area (Å²) in [5, 5.41) is 0. The van der Waals surface area contributed by atoms with Gasteiger partial charge in [0.05, 0.1) is 0 Å². The highest BCUT2D eigenvalue weighted by Gasteiger charge is 2.14. The van der Waals surface area contributed by atoms with E-state index >= 15 is 0 Å². The second kappa shape index (κ2) is 6.86. The number of hydrogen-bond acceptors (Lipinski definition) is 3. The fourth-order valence-electron chi connectivity index (χ4n) is 1.97. The van der Waals surface area contributed by atoms with E-state index in [1.165, 1.54) is 0 Å². The normalized spacial score (nSPS) is 15.1. The van der Waals surface area contributed by atoms with E-state index in [-0.39, 0.29) is 18.4 Å². The molecule has 1 aliphatic heterocycles. The van der Waals surface area contributed by atoms with Crippen LogP contribution in [0.2, 0.25) is 0 Å². The summed E-state index contributed by atoms with van der Waals surface area (Å²) >= 11 is 0. The second-order valence-corrected chi connectivity index (χ2v) is 4.98. The molecule has 0 fully saturated rings. The van der Waals surface area contributed by atoms with Crippen LogP contribution >= 0.6 is 12.4 Å². The zero-order valence-corrected chi connectivity index (χ0v) is 11.8. The average molecular weight is 272 g/mol. The van der Waals surface area contributed by atoms with Crippen molar-refractivity contribution < 1.29 is 9.47 Å². The molecule has 0 saturated heterocycles. The first-order valence-electron chi connectivity index (χ1n) is 6.32. The van der Waals surface area contributed by atoms with Crippen LogP contribution in [0.1, 0.15) is 38.3 Å². The first-order chi connectivity index (χ1) is 8.16. The van der Waals surface area contributed by atoms with Crippen LogP contribution in [-0.2, 0) is 0 Å². The van der Waals surface area contributed by atoms with E-state index in [1.54, 1.807) is 0 Å². The molecule has 1 heterocycles. The van der Waals surface area contributed by atoms with Crippen molar-refractivity contribution in [3.05, 3.63) is 23.8 Å². The average Bonchev–Trinajstić information content (AvgIpc) is 2.35. The highest BCUT2D eigenvalue weighted by Crippen LogP contribution is 2.33. The Kier molecular flexibility index (Phi) is 5.76. The molecule has 2 N–H and O–H groups in total. The van der Waals surface area contributed by atoms with Crippen molar-refractivity contribution in [2.45, 2.75) is 32.7 Å². The molecule has 0 bridgehead atoms. The van der Waals surface area contributed by atoms with Crippen LogP contribution in [0, 0.1) is 5.92 Å². The minimum absolute atomic E-state index is 0. The molecule has 0 saturated carbocycles. The van der Waals surface area contributed by atoms with Gasteiger partial charge < -0.3 is 15.2 Å². The first kappa shape index (κ1) is 15.1. The quantitative estimate of drug-likeness (QED) is 0.914. The van der Waals surface area contributed by atoms with Gasteiger partial charge in [0, 0.05) is 6.04 Å². The molecule has 4 heteroatoms. The van der Waals surface area contributed by atoms with Gasteiger partial charge in [0.1, 0.15) is 13.2 Å². The summed E-state index contributed by atoms with van der Waals surface area (Å²) in [4.78, 5) is 0. The number of benzene rings is 1. The van der Waals surface area contributed by atoms with Crippen LogP contribution in [0.3, 0.4) is 0 Å². The third-order valence-electron chi connectivity index (χ3n) is 3.05. The van der Waals surface area contributed by atoms with Gasteiger partial charge in [-0.3, -0.25) is 0 Å². The van der Waals surface area contributed by atoms with E-state index < -0.39 is 0 Å².